The van der Waals surface area contributed by atoms with Crippen LogP contribution in [0.15, 0.2) is 0 Å². The number of nitrogens with one attached hydrogen (secondary N) is 1. The quantitative estimate of drug-likeness (QED) is 0.575. The molecule has 86 valence electrons. The zero-order chi connectivity index (χ0) is 10.8. The third-order valence-corrected chi connectivity index (χ3v) is 2.71. The number of nitrogens with zero attached hydrogens (tertiary/aromatic N) is 1. The third kappa shape index (κ3) is 8.52. The first-order valence-corrected chi connectivity index (χ1v) is 6.06. The highest BCUT2D eigenvalue weighted by Gasteiger charge is 2.04. The number of hydrogen-bond donors (Lipinski definition) is 1. The fraction of sp³-hybridized carbons (Fsp3) is 1.00. The van der Waals surface area contributed by atoms with Crippen LogP contribution in [-0.2, 0) is 0 Å². The fourth-order valence-electron chi connectivity index (χ4n) is 1.55. The molecular formula is C12H28N2. The molecule has 0 saturated heterocycles. The van der Waals surface area contributed by atoms with Crippen LogP contribution < -0.4 is 5.32 Å². The van der Waals surface area contributed by atoms with E-state index in [4.69, 9.17) is 0 Å². The fourth-order valence-corrected chi connectivity index (χ4v) is 1.55. The molecule has 1 unspecified atom stereocenters. The highest BCUT2D eigenvalue weighted by Crippen LogP contribution is 2.10. The van der Waals surface area contributed by atoms with E-state index in [9.17, 15) is 0 Å². The molecule has 0 aliphatic rings. The Labute approximate surface area is 90.1 Å². The minimum atomic E-state index is 0.886. The van der Waals surface area contributed by atoms with Crippen LogP contribution in [0.3, 0.4) is 0 Å². The number of likely N-dealkylation sites (N-methyl/N-ethyl adjacent to an activating group) is 1. The second kappa shape index (κ2) is 9.47. The minimum absolute atomic E-state index is 0.886. The van der Waals surface area contributed by atoms with Crippen molar-refractivity contribution in [3.05, 3.63) is 0 Å². The Hall–Kier alpha value is -0.0800. The number of rotatable bonds is 9. The van der Waals surface area contributed by atoms with Crippen LogP contribution in [-0.4, -0.2) is 38.6 Å². The molecule has 0 rings (SSSR count). The second-order valence-electron chi connectivity index (χ2n) is 4.42. The van der Waals surface area contributed by atoms with Gasteiger partial charge in [-0.25, -0.2) is 0 Å². The van der Waals surface area contributed by atoms with Crippen LogP contribution in [0.25, 0.3) is 0 Å². The summed E-state index contributed by atoms with van der Waals surface area (Å²) in [5.41, 5.74) is 0. The van der Waals surface area contributed by atoms with Gasteiger partial charge in [-0.1, -0.05) is 33.1 Å². The molecular weight excluding hydrogens is 172 g/mol. The Kier molecular flexibility index (Phi) is 9.42. The van der Waals surface area contributed by atoms with E-state index >= 15 is 0 Å². The average molecular weight is 200 g/mol. The molecule has 0 aromatic heterocycles. The summed E-state index contributed by atoms with van der Waals surface area (Å²) in [6, 6.07) is 0. The van der Waals surface area contributed by atoms with Crippen molar-refractivity contribution in [3.8, 4) is 0 Å². The summed E-state index contributed by atoms with van der Waals surface area (Å²) in [6.07, 6.45) is 5.42. The largest absolute Gasteiger partial charge is 0.315 e. The SMILES string of the molecule is CCCCC(CC)CNCCN(C)C. The molecule has 0 aliphatic carbocycles. The van der Waals surface area contributed by atoms with Gasteiger partial charge in [-0.3, -0.25) is 0 Å². The first-order chi connectivity index (χ1) is 6.70. The van der Waals surface area contributed by atoms with Crippen LogP contribution in [0.1, 0.15) is 39.5 Å². The van der Waals surface area contributed by atoms with E-state index in [1.165, 1.54) is 32.2 Å². The Morgan fingerprint density at radius 3 is 2.43 bits per heavy atom. The monoisotopic (exact) mass is 200 g/mol. The lowest BCUT2D eigenvalue weighted by Crippen LogP contribution is -2.30. The highest BCUT2D eigenvalue weighted by molar-refractivity contribution is 4.61. The third-order valence-electron chi connectivity index (χ3n) is 2.71. The minimum Gasteiger partial charge on any atom is -0.315 e. The number of unbranched alkanes of at least 4 members (excludes halogenated alkanes) is 1. The van der Waals surface area contributed by atoms with E-state index in [1.807, 2.05) is 0 Å². The molecule has 0 heterocycles. The van der Waals surface area contributed by atoms with E-state index in [0.717, 1.165) is 19.0 Å². The smallest absolute Gasteiger partial charge is 0.0101 e. The summed E-state index contributed by atoms with van der Waals surface area (Å²) in [5.74, 6) is 0.886. The predicted molar refractivity (Wildman–Crippen MR) is 64.7 cm³/mol. The maximum Gasteiger partial charge on any atom is 0.0101 e. The van der Waals surface area contributed by atoms with Crippen molar-refractivity contribution in [1.29, 1.82) is 0 Å². The molecule has 0 fully saturated rings. The van der Waals surface area contributed by atoms with Gasteiger partial charge in [-0.15, -0.1) is 0 Å². The zero-order valence-electron chi connectivity index (χ0n) is 10.5. The predicted octanol–water partition coefficient (Wildman–Crippen LogP) is 2.35. The number of hydrogen-bond acceptors (Lipinski definition) is 2. The summed E-state index contributed by atoms with van der Waals surface area (Å²) in [6.45, 7) is 8.03. The molecule has 0 spiro atoms. The van der Waals surface area contributed by atoms with Crippen molar-refractivity contribution < 1.29 is 0 Å². The van der Waals surface area contributed by atoms with Gasteiger partial charge in [0.15, 0.2) is 0 Å². The van der Waals surface area contributed by atoms with Crippen molar-refractivity contribution in [3.63, 3.8) is 0 Å². The maximum atomic E-state index is 3.53. The van der Waals surface area contributed by atoms with Gasteiger partial charge in [-0.05, 0) is 33.0 Å². The van der Waals surface area contributed by atoms with E-state index in [0.29, 0.717) is 0 Å². The van der Waals surface area contributed by atoms with Crippen LogP contribution >= 0.6 is 0 Å². The Bertz CT molecular complexity index is 113. The van der Waals surface area contributed by atoms with Crippen LogP contribution in [0.4, 0.5) is 0 Å². The summed E-state index contributed by atoms with van der Waals surface area (Å²) in [4.78, 5) is 2.22. The van der Waals surface area contributed by atoms with E-state index in [2.05, 4.69) is 38.2 Å². The standard InChI is InChI=1S/C12H28N2/c1-5-7-8-12(6-2)11-13-9-10-14(3)4/h12-13H,5-11H2,1-4H3. The van der Waals surface area contributed by atoms with Gasteiger partial charge in [0.1, 0.15) is 0 Å². The molecule has 0 aromatic carbocycles. The van der Waals surface area contributed by atoms with E-state index < -0.39 is 0 Å². The van der Waals surface area contributed by atoms with E-state index in [-0.39, 0.29) is 0 Å². The van der Waals surface area contributed by atoms with Gasteiger partial charge in [0.05, 0.1) is 0 Å². The van der Waals surface area contributed by atoms with Gasteiger partial charge < -0.3 is 10.2 Å². The zero-order valence-corrected chi connectivity index (χ0v) is 10.5. The Morgan fingerprint density at radius 2 is 1.93 bits per heavy atom. The summed E-state index contributed by atoms with van der Waals surface area (Å²) >= 11 is 0. The van der Waals surface area contributed by atoms with Crippen LogP contribution in [0.5, 0.6) is 0 Å². The topological polar surface area (TPSA) is 15.3 Å². The molecule has 0 radical (unpaired) electrons. The van der Waals surface area contributed by atoms with Crippen LogP contribution in [0.2, 0.25) is 0 Å². The van der Waals surface area contributed by atoms with Gasteiger partial charge in [0.25, 0.3) is 0 Å². The molecule has 0 aromatic rings. The lowest BCUT2D eigenvalue weighted by atomic mass is 9.99. The Morgan fingerprint density at radius 1 is 1.21 bits per heavy atom. The molecule has 2 heteroatoms. The second-order valence-corrected chi connectivity index (χ2v) is 4.42. The van der Waals surface area contributed by atoms with Gasteiger partial charge in [0, 0.05) is 13.1 Å². The molecule has 0 amide bonds. The van der Waals surface area contributed by atoms with Crippen LogP contribution in [0, 0.1) is 5.92 Å². The molecule has 1 atom stereocenters. The van der Waals surface area contributed by atoms with Gasteiger partial charge in [-0.2, -0.15) is 0 Å². The van der Waals surface area contributed by atoms with Crippen molar-refractivity contribution in [2.75, 3.05) is 33.7 Å². The van der Waals surface area contributed by atoms with Crippen molar-refractivity contribution in [2.45, 2.75) is 39.5 Å². The lowest BCUT2D eigenvalue weighted by molar-refractivity contribution is 0.372. The Balaban J connectivity index is 3.33. The molecule has 1 N–H and O–H groups in total. The van der Waals surface area contributed by atoms with Gasteiger partial charge in [0.2, 0.25) is 0 Å². The van der Waals surface area contributed by atoms with Gasteiger partial charge >= 0.3 is 0 Å². The van der Waals surface area contributed by atoms with Crippen molar-refractivity contribution >= 4 is 0 Å². The summed E-state index contributed by atoms with van der Waals surface area (Å²) in [5, 5.41) is 3.53. The molecule has 0 saturated carbocycles. The lowest BCUT2D eigenvalue weighted by Gasteiger charge is -2.16. The maximum absolute atomic E-state index is 3.53. The molecule has 0 aliphatic heterocycles. The van der Waals surface area contributed by atoms with Crippen molar-refractivity contribution in [2.24, 2.45) is 5.92 Å². The van der Waals surface area contributed by atoms with Crippen molar-refractivity contribution in [1.82, 2.24) is 10.2 Å². The molecule has 2 nitrogen and oxygen atoms in total. The van der Waals surface area contributed by atoms with E-state index in [1.54, 1.807) is 0 Å². The normalized spacial score (nSPS) is 13.5. The molecule has 0 bridgehead atoms. The average Bonchev–Trinajstić information content (AvgIpc) is 2.16. The first-order valence-electron chi connectivity index (χ1n) is 6.06. The molecule has 14 heavy (non-hydrogen) atoms. The highest BCUT2D eigenvalue weighted by atomic mass is 15.1. The summed E-state index contributed by atoms with van der Waals surface area (Å²) in [7, 11) is 4.24. The first kappa shape index (κ1) is 13.9. The summed E-state index contributed by atoms with van der Waals surface area (Å²) < 4.78 is 0.